The highest BCUT2D eigenvalue weighted by molar-refractivity contribution is 7.18. The van der Waals surface area contributed by atoms with Crippen LogP contribution in [0.5, 0.6) is 0 Å². The molecule has 0 saturated heterocycles. The normalized spacial score (nSPS) is 12.1. The third-order valence-electron chi connectivity index (χ3n) is 2.50. The molecule has 0 aliphatic rings. The Kier molecular flexibility index (Phi) is 3.16. The molecule has 2 aromatic rings. The van der Waals surface area contributed by atoms with Crippen LogP contribution >= 0.6 is 11.3 Å². The van der Waals surface area contributed by atoms with Crippen molar-refractivity contribution in [3.63, 3.8) is 0 Å². The number of nitrogens with two attached hydrogens (primary N) is 1. The van der Waals surface area contributed by atoms with Crippen molar-refractivity contribution in [2.24, 2.45) is 0 Å². The molecular weight excluding hydrogens is 248 g/mol. The van der Waals surface area contributed by atoms with Gasteiger partial charge >= 0.3 is 0 Å². The molecule has 0 bridgehead atoms. The summed E-state index contributed by atoms with van der Waals surface area (Å²) in [7, 11) is 1.90. The molecule has 2 aromatic heterocycles. The fourth-order valence-electron chi connectivity index (χ4n) is 1.99. The van der Waals surface area contributed by atoms with Gasteiger partial charge in [0.2, 0.25) is 5.95 Å². The second kappa shape index (κ2) is 4.37. The first-order chi connectivity index (χ1) is 8.26. The summed E-state index contributed by atoms with van der Waals surface area (Å²) in [5, 5.41) is 10.9. The van der Waals surface area contributed by atoms with Crippen molar-refractivity contribution < 1.29 is 5.11 Å². The van der Waals surface area contributed by atoms with Crippen LogP contribution in [0.1, 0.15) is 18.7 Å². The topological polar surface area (TPSA) is 75.3 Å². The molecule has 18 heavy (non-hydrogen) atoms. The van der Waals surface area contributed by atoms with E-state index in [-0.39, 0.29) is 5.95 Å². The van der Waals surface area contributed by atoms with Gasteiger partial charge in [-0.3, -0.25) is 0 Å². The van der Waals surface area contributed by atoms with E-state index in [0.29, 0.717) is 6.54 Å². The summed E-state index contributed by atoms with van der Waals surface area (Å²) < 4.78 is 0. The van der Waals surface area contributed by atoms with Gasteiger partial charge in [-0.15, -0.1) is 11.3 Å². The number of aryl methyl sites for hydroxylation is 1. The van der Waals surface area contributed by atoms with Crippen LogP contribution in [0.25, 0.3) is 10.2 Å². The van der Waals surface area contributed by atoms with E-state index < -0.39 is 5.60 Å². The van der Waals surface area contributed by atoms with Gasteiger partial charge in [-0.05, 0) is 26.8 Å². The fraction of sp³-hybridized carbons (Fsp3) is 0.500. The number of aliphatic hydroxyl groups is 1. The predicted molar refractivity (Wildman–Crippen MR) is 76.1 cm³/mol. The van der Waals surface area contributed by atoms with Crippen LogP contribution in [0.3, 0.4) is 0 Å². The average molecular weight is 266 g/mol. The Labute approximate surface area is 110 Å². The number of hydrogen-bond acceptors (Lipinski definition) is 6. The van der Waals surface area contributed by atoms with Crippen LogP contribution in [0.2, 0.25) is 0 Å². The molecule has 6 heteroatoms. The SMILES string of the molecule is Cc1cc2c(N(C)CC(C)(C)O)nc(N)nc2s1. The molecule has 0 saturated carbocycles. The summed E-state index contributed by atoms with van der Waals surface area (Å²) in [6.07, 6.45) is 0. The van der Waals surface area contributed by atoms with Crippen LogP contribution < -0.4 is 10.6 Å². The molecule has 0 atom stereocenters. The lowest BCUT2D eigenvalue weighted by molar-refractivity contribution is 0.0885. The quantitative estimate of drug-likeness (QED) is 0.886. The van der Waals surface area contributed by atoms with E-state index in [0.717, 1.165) is 16.0 Å². The van der Waals surface area contributed by atoms with Gasteiger partial charge < -0.3 is 15.7 Å². The second-order valence-corrected chi connectivity index (χ2v) is 6.38. The van der Waals surface area contributed by atoms with Gasteiger partial charge in [-0.1, -0.05) is 0 Å². The van der Waals surface area contributed by atoms with E-state index in [1.165, 1.54) is 4.88 Å². The molecule has 0 amide bonds. The van der Waals surface area contributed by atoms with E-state index in [4.69, 9.17) is 5.73 Å². The molecule has 0 aliphatic heterocycles. The van der Waals surface area contributed by atoms with Crippen LogP contribution in [0.15, 0.2) is 6.07 Å². The van der Waals surface area contributed by atoms with Crippen molar-refractivity contribution in [1.82, 2.24) is 9.97 Å². The third-order valence-corrected chi connectivity index (χ3v) is 3.44. The molecule has 2 heterocycles. The number of anilines is 2. The monoisotopic (exact) mass is 266 g/mol. The molecule has 3 N–H and O–H groups in total. The van der Waals surface area contributed by atoms with E-state index in [2.05, 4.69) is 16.0 Å². The number of aromatic nitrogens is 2. The standard InChI is InChI=1S/C12H18N4OS/c1-7-5-8-9(16(4)6-12(2,3)17)14-11(13)15-10(8)18-7/h5,17H,6H2,1-4H3,(H2,13,14,15). The highest BCUT2D eigenvalue weighted by atomic mass is 32.1. The Bertz CT molecular complexity index is 573. The minimum Gasteiger partial charge on any atom is -0.389 e. The van der Waals surface area contributed by atoms with Crippen molar-refractivity contribution in [2.45, 2.75) is 26.4 Å². The summed E-state index contributed by atoms with van der Waals surface area (Å²) >= 11 is 1.60. The van der Waals surface area contributed by atoms with Gasteiger partial charge in [0.1, 0.15) is 10.6 Å². The largest absolute Gasteiger partial charge is 0.389 e. The Hall–Kier alpha value is -1.40. The van der Waals surface area contributed by atoms with Crippen molar-refractivity contribution >= 4 is 33.3 Å². The molecule has 98 valence electrons. The van der Waals surface area contributed by atoms with E-state index in [9.17, 15) is 5.11 Å². The van der Waals surface area contributed by atoms with Gasteiger partial charge in [0, 0.05) is 18.5 Å². The predicted octanol–water partition coefficient (Wildman–Crippen LogP) is 1.79. The zero-order valence-corrected chi connectivity index (χ0v) is 11.9. The van der Waals surface area contributed by atoms with Crippen molar-refractivity contribution in [1.29, 1.82) is 0 Å². The maximum atomic E-state index is 9.88. The van der Waals surface area contributed by atoms with Crippen LogP contribution in [0, 0.1) is 6.92 Å². The Morgan fingerprint density at radius 2 is 2.11 bits per heavy atom. The summed E-state index contributed by atoms with van der Waals surface area (Å²) in [5.74, 6) is 1.03. The molecule has 0 radical (unpaired) electrons. The van der Waals surface area contributed by atoms with E-state index in [1.54, 1.807) is 25.2 Å². The lowest BCUT2D eigenvalue weighted by Gasteiger charge is -2.26. The number of fused-ring (bicyclic) bond motifs is 1. The lowest BCUT2D eigenvalue weighted by atomic mass is 10.1. The molecular formula is C12H18N4OS. The number of hydrogen-bond donors (Lipinski definition) is 2. The van der Waals surface area contributed by atoms with Gasteiger partial charge in [0.25, 0.3) is 0 Å². The highest BCUT2D eigenvalue weighted by Crippen LogP contribution is 2.31. The highest BCUT2D eigenvalue weighted by Gasteiger charge is 2.19. The molecule has 0 unspecified atom stereocenters. The number of rotatable bonds is 3. The zero-order chi connectivity index (χ0) is 13.5. The zero-order valence-electron chi connectivity index (χ0n) is 11.1. The van der Waals surface area contributed by atoms with Gasteiger partial charge in [-0.2, -0.15) is 4.98 Å². The summed E-state index contributed by atoms with van der Waals surface area (Å²) in [4.78, 5) is 12.5. The number of nitrogen functional groups attached to an aromatic ring is 1. The molecule has 0 aromatic carbocycles. The van der Waals surface area contributed by atoms with Crippen LogP contribution in [-0.4, -0.2) is 34.3 Å². The van der Waals surface area contributed by atoms with Crippen molar-refractivity contribution in [3.05, 3.63) is 10.9 Å². The maximum absolute atomic E-state index is 9.88. The molecule has 2 rings (SSSR count). The summed E-state index contributed by atoms with van der Waals surface area (Å²) in [5.41, 5.74) is 4.94. The molecule has 5 nitrogen and oxygen atoms in total. The maximum Gasteiger partial charge on any atom is 0.223 e. The molecule has 0 fully saturated rings. The van der Waals surface area contributed by atoms with Crippen LogP contribution in [0.4, 0.5) is 11.8 Å². The average Bonchev–Trinajstić information content (AvgIpc) is 2.53. The Morgan fingerprint density at radius 1 is 1.44 bits per heavy atom. The number of likely N-dealkylation sites (N-methyl/N-ethyl adjacent to an activating group) is 1. The number of thiophene rings is 1. The fourth-order valence-corrected chi connectivity index (χ4v) is 2.87. The molecule has 0 spiro atoms. The first-order valence-corrected chi connectivity index (χ1v) is 6.55. The third kappa shape index (κ3) is 2.70. The van der Waals surface area contributed by atoms with Gasteiger partial charge in [0.15, 0.2) is 0 Å². The lowest BCUT2D eigenvalue weighted by Crippen LogP contribution is -2.36. The summed E-state index contributed by atoms with van der Waals surface area (Å²) in [6.45, 7) is 6.05. The molecule has 0 aliphatic carbocycles. The number of nitrogens with zero attached hydrogens (tertiary/aromatic N) is 3. The Balaban J connectivity index is 2.49. The van der Waals surface area contributed by atoms with Crippen LogP contribution in [-0.2, 0) is 0 Å². The minimum absolute atomic E-state index is 0.266. The van der Waals surface area contributed by atoms with E-state index >= 15 is 0 Å². The first kappa shape index (κ1) is 13.0. The first-order valence-electron chi connectivity index (χ1n) is 5.73. The summed E-state index contributed by atoms with van der Waals surface area (Å²) in [6, 6.07) is 2.05. The second-order valence-electron chi connectivity index (χ2n) is 5.15. The Morgan fingerprint density at radius 3 is 2.72 bits per heavy atom. The minimum atomic E-state index is -0.786. The van der Waals surface area contributed by atoms with Crippen molar-refractivity contribution in [3.8, 4) is 0 Å². The van der Waals surface area contributed by atoms with E-state index in [1.807, 2.05) is 18.9 Å². The smallest absolute Gasteiger partial charge is 0.223 e. The van der Waals surface area contributed by atoms with Gasteiger partial charge in [-0.25, -0.2) is 4.98 Å². The van der Waals surface area contributed by atoms with Gasteiger partial charge in [0.05, 0.1) is 11.0 Å². The van der Waals surface area contributed by atoms with Crippen molar-refractivity contribution in [2.75, 3.05) is 24.2 Å².